The first-order chi connectivity index (χ1) is 9.33. The lowest BCUT2D eigenvalue weighted by Crippen LogP contribution is -2.13. The summed E-state index contributed by atoms with van der Waals surface area (Å²) in [5.74, 6) is 0. The largest absolute Gasteiger partial charge is 0.312 e. The Morgan fingerprint density at radius 2 is 2.16 bits per heavy atom. The van der Waals surface area contributed by atoms with E-state index in [-0.39, 0.29) is 0 Å². The third kappa shape index (κ3) is 4.11. The summed E-state index contributed by atoms with van der Waals surface area (Å²) in [6.07, 6.45) is 4.85. The molecule has 3 nitrogen and oxygen atoms in total. The molecule has 2 heterocycles. The fourth-order valence-electron chi connectivity index (χ4n) is 1.96. The molecule has 0 aliphatic heterocycles. The summed E-state index contributed by atoms with van der Waals surface area (Å²) < 4.78 is 0. The third-order valence-corrected chi connectivity index (χ3v) is 4.03. The summed E-state index contributed by atoms with van der Waals surface area (Å²) in [5, 5.41) is 4.63. The van der Waals surface area contributed by atoms with Crippen molar-refractivity contribution in [1.82, 2.24) is 15.3 Å². The Balaban J connectivity index is 2.05. The van der Waals surface area contributed by atoms with Crippen molar-refractivity contribution < 1.29 is 0 Å². The van der Waals surface area contributed by atoms with Crippen molar-refractivity contribution in [3.05, 3.63) is 45.7 Å². The molecule has 0 fully saturated rings. The van der Waals surface area contributed by atoms with Crippen LogP contribution in [0.1, 0.15) is 41.5 Å². The Morgan fingerprint density at radius 1 is 1.26 bits per heavy atom. The number of pyridine rings is 1. The summed E-state index contributed by atoms with van der Waals surface area (Å²) in [5.41, 5.74) is 2.33. The molecule has 0 radical (unpaired) electrons. The number of aryl methyl sites for hydroxylation is 1. The van der Waals surface area contributed by atoms with Crippen molar-refractivity contribution in [2.24, 2.45) is 0 Å². The summed E-state index contributed by atoms with van der Waals surface area (Å²) in [6.45, 7) is 6.36. The highest BCUT2D eigenvalue weighted by atomic mass is 32.1. The van der Waals surface area contributed by atoms with Gasteiger partial charge in [0.15, 0.2) is 0 Å². The molecule has 2 aromatic rings. The second kappa shape index (κ2) is 7.36. The maximum Gasteiger partial charge on any atom is 0.0991 e. The van der Waals surface area contributed by atoms with Crippen LogP contribution < -0.4 is 5.32 Å². The van der Waals surface area contributed by atoms with Crippen LogP contribution in [0.15, 0.2) is 24.4 Å². The summed E-state index contributed by atoms with van der Waals surface area (Å²) in [7, 11) is 0. The van der Waals surface area contributed by atoms with Gasteiger partial charge in [-0.3, -0.25) is 4.98 Å². The Bertz CT molecular complexity index is 493. The molecule has 1 N–H and O–H groups in total. The molecule has 19 heavy (non-hydrogen) atoms. The van der Waals surface area contributed by atoms with Gasteiger partial charge in [-0.25, -0.2) is 4.98 Å². The van der Waals surface area contributed by atoms with Crippen molar-refractivity contribution in [2.75, 3.05) is 6.54 Å². The number of rotatable bonds is 7. The van der Waals surface area contributed by atoms with Crippen LogP contribution in [0.25, 0.3) is 0 Å². The van der Waals surface area contributed by atoms with Gasteiger partial charge in [0, 0.05) is 29.7 Å². The van der Waals surface area contributed by atoms with Gasteiger partial charge in [-0.1, -0.05) is 19.9 Å². The van der Waals surface area contributed by atoms with Crippen molar-refractivity contribution in [3.8, 4) is 0 Å². The van der Waals surface area contributed by atoms with Crippen LogP contribution in [0.4, 0.5) is 0 Å². The molecule has 0 atom stereocenters. The zero-order valence-corrected chi connectivity index (χ0v) is 12.5. The van der Waals surface area contributed by atoms with Crippen molar-refractivity contribution in [2.45, 2.75) is 39.7 Å². The van der Waals surface area contributed by atoms with Gasteiger partial charge in [-0.2, -0.15) is 0 Å². The minimum absolute atomic E-state index is 0.840. The predicted octanol–water partition coefficient (Wildman–Crippen LogP) is 3.19. The van der Waals surface area contributed by atoms with Crippen molar-refractivity contribution >= 4 is 11.3 Å². The summed E-state index contributed by atoms with van der Waals surface area (Å²) in [6, 6.07) is 6.03. The standard InChI is InChI=1S/C15H21N3S/c1-3-8-16-11-14-13(4-2)18-15(19-14)10-12-7-5-6-9-17-12/h5-7,9,16H,3-4,8,10-11H2,1-2H3. The molecule has 0 saturated carbocycles. The van der Waals surface area contributed by atoms with Gasteiger partial charge in [0.1, 0.15) is 0 Å². The third-order valence-electron chi connectivity index (χ3n) is 2.93. The molecular formula is C15H21N3S. The van der Waals surface area contributed by atoms with Crippen LogP contribution in [0.2, 0.25) is 0 Å². The number of thiazole rings is 1. The molecule has 0 aliphatic rings. The zero-order chi connectivity index (χ0) is 13.5. The van der Waals surface area contributed by atoms with Crippen molar-refractivity contribution in [3.63, 3.8) is 0 Å². The fourth-order valence-corrected chi connectivity index (χ4v) is 3.11. The number of nitrogens with zero attached hydrogens (tertiary/aromatic N) is 2. The average Bonchev–Trinajstić information content (AvgIpc) is 2.82. The number of nitrogens with one attached hydrogen (secondary N) is 1. The Morgan fingerprint density at radius 3 is 2.84 bits per heavy atom. The summed E-state index contributed by atoms with van der Waals surface area (Å²) >= 11 is 1.82. The van der Waals surface area contributed by atoms with E-state index in [1.165, 1.54) is 22.0 Å². The maximum absolute atomic E-state index is 4.74. The van der Waals surface area contributed by atoms with Crippen LogP contribution in [-0.2, 0) is 19.4 Å². The van der Waals surface area contributed by atoms with Crippen molar-refractivity contribution in [1.29, 1.82) is 0 Å². The van der Waals surface area contributed by atoms with E-state index in [0.29, 0.717) is 0 Å². The lowest BCUT2D eigenvalue weighted by atomic mass is 10.2. The highest BCUT2D eigenvalue weighted by molar-refractivity contribution is 7.11. The minimum Gasteiger partial charge on any atom is -0.312 e. The van der Waals surface area contributed by atoms with E-state index >= 15 is 0 Å². The van der Waals surface area contributed by atoms with E-state index in [9.17, 15) is 0 Å². The molecule has 102 valence electrons. The van der Waals surface area contributed by atoms with Crippen LogP contribution >= 0.6 is 11.3 Å². The van der Waals surface area contributed by atoms with E-state index in [1.54, 1.807) is 0 Å². The highest BCUT2D eigenvalue weighted by Crippen LogP contribution is 2.21. The summed E-state index contributed by atoms with van der Waals surface area (Å²) in [4.78, 5) is 10.5. The SMILES string of the molecule is CCCNCc1sc(Cc2ccccn2)nc1CC. The molecule has 0 spiro atoms. The lowest BCUT2D eigenvalue weighted by Gasteiger charge is -2.01. The van der Waals surface area contributed by atoms with Crippen LogP contribution in [-0.4, -0.2) is 16.5 Å². The second-order valence-electron chi connectivity index (χ2n) is 4.51. The van der Waals surface area contributed by atoms with Gasteiger partial charge < -0.3 is 5.32 Å². The van der Waals surface area contributed by atoms with Gasteiger partial charge in [-0.05, 0) is 31.5 Å². The van der Waals surface area contributed by atoms with E-state index in [1.807, 2.05) is 29.7 Å². The molecule has 4 heteroatoms. The van der Waals surface area contributed by atoms with Gasteiger partial charge >= 0.3 is 0 Å². The smallest absolute Gasteiger partial charge is 0.0991 e. The normalized spacial score (nSPS) is 10.8. The molecule has 0 aromatic carbocycles. The fraction of sp³-hybridized carbons (Fsp3) is 0.467. The van der Waals surface area contributed by atoms with E-state index in [0.717, 1.165) is 31.6 Å². The minimum atomic E-state index is 0.840. The van der Waals surface area contributed by atoms with Crippen LogP contribution in [0.5, 0.6) is 0 Å². The van der Waals surface area contributed by atoms with Gasteiger partial charge in [0.05, 0.1) is 10.7 Å². The first-order valence-electron chi connectivity index (χ1n) is 6.91. The second-order valence-corrected chi connectivity index (χ2v) is 5.67. The molecule has 0 bridgehead atoms. The lowest BCUT2D eigenvalue weighted by molar-refractivity contribution is 0.676. The Kier molecular flexibility index (Phi) is 5.48. The van der Waals surface area contributed by atoms with Gasteiger partial charge in [0.25, 0.3) is 0 Å². The molecule has 0 aliphatic carbocycles. The predicted molar refractivity (Wildman–Crippen MR) is 80.5 cm³/mol. The number of hydrogen-bond donors (Lipinski definition) is 1. The van der Waals surface area contributed by atoms with Gasteiger partial charge in [-0.15, -0.1) is 11.3 Å². The van der Waals surface area contributed by atoms with Crippen LogP contribution in [0.3, 0.4) is 0 Å². The topological polar surface area (TPSA) is 37.8 Å². The first-order valence-corrected chi connectivity index (χ1v) is 7.73. The number of aromatic nitrogens is 2. The van der Waals surface area contributed by atoms with E-state index < -0.39 is 0 Å². The molecule has 2 rings (SSSR count). The van der Waals surface area contributed by atoms with E-state index in [2.05, 4.69) is 30.2 Å². The molecule has 0 unspecified atom stereocenters. The quantitative estimate of drug-likeness (QED) is 0.789. The average molecular weight is 275 g/mol. The first kappa shape index (κ1) is 14.2. The zero-order valence-electron chi connectivity index (χ0n) is 11.6. The Labute approximate surface area is 119 Å². The maximum atomic E-state index is 4.74. The van der Waals surface area contributed by atoms with Gasteiger partial charge in [0.2, 0.25) is 0 Å². The molecule has 0 saturated heterocycles. The molecular weight excluding hydrogens is 254 g/mol. The number of hydrogen-bond acceptors (Lipinski definition) is 4. The monoisotopic (exact) mass is 275 g/mol. The van der Waals surface area contributed by atoms with Crippen LogP contribution in [0, 0.1) is 0 Å². The molecule has 0 amide bonds. The highest BCUT2D eigenvalue weighted by Gasteiger charge is 2.10. The van der Waals surface area contributed by atoms with E-state index in [4.69, 9.17) is 4.98 Å². The molecule has 2 aromatic heterocycles. The Hall–Kier alpha value is -1.26.